The van der Waals surface area contributed by atoms with Gasteiger partial charge in [0.25, 0.3) is 0 Å². The first-order chi connectivity index (χ1) is 12.2. The van der Waals surface area contributed by atoms with Crippen molar-refractivity contribution in [3.63, 3.8) is 0 Å². The van der Waals surface area contributed by atoms with Crippen molar-refractivity contribution >= 4 is 18.0 Å². The molecule has 6 heteroatoms. The van der Waals surface area contributed by atoms with Crippen LogP contribution >= 0.6 is 11.8 Å². The number of hydrogen-bond acceptors (Lipinski definition) is 5. The van der Waals surface area contributed by atoms with Gasteiger partial charge >= 0.3 is 0 Å². The highest BCUT2D eigenvalue weighted by molar-refractivity contribution is 7.99. The molecule has 0 atom stereocenters. The number of benzene rings is 1. The molecule has 1 aromatic carbocycles. The maximum absolute atomic E-state index is 9.03. The standard InChI is InChI=1S/C19H20N4OS/c1-14(2)18-19(25-16-9-4-3-5-10-16)23(17(22-18)12-21-24)13-15-8-6-7-11-20-15/h3-12,14,24H,13H2,1-2H3. The van der Waals surface area contributed by atoms with Crippen molar-refractivity contribution in [1.82, 2.24) is 14.5 Å². The van der Waals surface area contributed by atoms with E-state index in [1.54, 1.807) is 18.0 Å². The molecule has 1 N–H and O–H groups in total. The Morgan fingerprint density at radius 1 is 1.16 bits per heavy atom. The van der Waals surface area contributed by atoms with E-state index in [1.807, 2.05) is 36.4 Å². The molecule has 0 unspecified atom stereocenters. The van der Waals surface area contributed by atoms with Gasteiger partial charge in [0.2, 0.25) is 0 Å². The molecule has 0 aliphatic rings. The van der Waals surface area contributed by atoms with E-state index in [0.717, 1.165) is 21.3 Å². The largest absolute Gasteiger partial charge is 0.411 e. The molecule has 0 saturated carbocycles. The van der Waals surface area contributed by atoms with Crippen LogP contribution in [0.5, 0.6) is 0 Å². The fourth-order valence-corrected chi connectivity index (χ4v) is 3.68. The van der Waals surface area contributed by atoms with Gasteiger partial charge in [0.1, 0.15) is 11.2 Å². The van der Waals surface area contributed by atoms with Crippen molar-refractivity contribution in [2.24, 2.45) is 5.16 Å². The monoisotopic (exact) mass is 352 g/mol. The molecule has 0 amide bonds. The molecule has 3 aromatic rings. The maximum atomic E-state index is 9.03. The predicted molar refractivity (Wildman–Crippen MR) is 99.6 cm³/mol. The second-order valence-electron chi connectivity index (χ2n) is 5.88. The molecule has 0 radical (unpaired) electrons. The van der Waals surface area contributed by atoms with Crippen LogP contribution in [0, 0.1) is 0 Å². The lowest BCUT2D eigenvalue weighted by Gasteiger charge is -2.12. The molecular weight excluding hydrogens is 332 g/mol. The van der Waals surface area contributed by atoms with E-state index in [4.69, 9.17) is 10.2 Å². The zero-order valence-electron chi connectivity index (χ0n) is 14.2. The molecule has 25 heavy (non-hydrogen) atoms. The lowest BCUT2D eigenvalue weighted by atomic mass is 10.1. The Balaban J connectivity index is 2.08. The number of aromatic nitrogens is 3. The second kappa shape index (κ2) is 7.98. The predicted octanol–water partition coefficient (Wildman–Crippen LogP) is 4.41. The molecule has 128 valence electrons. The van der Waals surface area contributed by atoms with Gasteiger partial charge in [-0.3, -0.25) is 4.98 Å². The average Bonchev–Trinajstić information content (AvgIpc) is 2.95. The van der Waals surface area contributed by atoms with Crippen LogP contribution in [-0.2, 0) is 6.54 Å². The van der Waals surface area contributed by atoms with E-state index in [2.05, 4.69) is 40.7 Å². The van der Waals surface area contributed by atoms with Crippen LogP contribution in [0.3, 0.4) is 0 Å². The Labute approximate surface area is 151 Å². The van der Waals surface area contributed by atoms with Crippen molar-refractivity contribution in [2.45, 2.75) is 36.2 Å². The Kier molecular flexibility index (Phi) is 5.50. The van der Waals surface area contributed by atoms with Gasteiger partial charge < -0.3 is 9.77 Å². The van der Waals surface area contributed by atoms with E-state index in [9.17, 15) is 0 Å². The summed E-state index contributed by atoms with van der Waals surface area (Å²) in [5.41, 5.74) is 1.91. The molecule has 3 rings (SSSR count). The van der Waals surface area contributed by atoms with Crippen LogP contribution in [0.4, 0.5) is 0 Å². The van der Waals surface area contributed by atoms with Crippen molar-refractivity contribution in [3.05, 3.63) is 71.9 Å². The first kappa shape index (κ1) is 17.2. The summed E-state index contributed by atoms with van der Waals surface area (Å²) in [6, 6.07) is 16.0. The molecule has 2 aromatic heterocycles. The summed E-state index contributed by atoms with van der Waals surface area (Å²) in [4.78, 5) is 10.2. The molecule has 5 nitrogen and oxygen atoms in total. The number of imidazole rings is 1. The maximum Gasteiger partial charge on any atom is 0.156 e. The lowest BCUT2D eigenvalue weighted by Crippen LogP contribution is -2.07. The Bertz CT molecular complexity index is 845. The summed E-state index contributed by atoms with van der Waals surface area (Å²) in [6.45, 7) is 4.79. The summed E-state index contributed by atoms with van der Waals surface area (Å²) in [7, 11) is 0. The van der Waals surface area contributed by atoms with Crippen LogP contribution < -0.4 is 0 Å². The van der Waals surface area contributed by atoms with Gasteiger partial charge in [0.05, 0.1) is 17.9 Å². The van der Waals surface area contributed by atoms with E-state index < -0.39 is 0 Å². The molecule has 0 bridgehead atoms. The number of rotatable bonds is 6. The van der Waals surface area contributed by atoms with E-state index >= 15 is 0 Å². The van der Waals surface area contributed by atoms with Crippen LogP contribution in [0.1, 0.15) is 37.0 Å². The van der Waals surface area contributed by atoms with Crippen LogP contribution in [0.2, 0.25) is 0 Å². The normalized spacial score (nSPS) is 11.5. The molecule has 0 fully saturated rings. The highest BCUT2D eigenvalue weighted by Gasteiger charge is 2.20. The van der Waals surface area contributed by atoms with Crippen LogP contribution in [0.25, 0.3) is 0 Å². The smallest absolute Gasteiger partial charge is 0.156 e. The lowest BCUT2D eigenvalue weighted by molar-refractivity contribution is 0.321. The van der Waals surface area contributed by atoms with Crippen molar-refractivity contribution in [1.29, 1.82) is 0 Å². The third-order valence-corrected chi connectivity index (χ3v) is 4.83. The fraction of sp³-hybridized carbons (Fsp3) is 0.211. The molecular formula is C19H20N4OS. The summed E-state index contributed by atoms with van der Waals surface area (Å²) >= 11 is 1.66. The third-order valence-electron chi connectivity index (χ3n) is 3.70. The van der Waals surface area contributed by atoms with Crippen molar-refractivity contribution < 1.29 is 5.21 Å². The van der Waals surface area contributed by atoms with Gasteiger partial charge in [-0.05, 0) is 30.2 Å². The Morgan fingerprint density at radius 3 is 2.56 bits per heavy atom. The van der Waals surface area contributed by atoms with Gasteiger partial charge in [0, 0.05) is 11.1 Å². The van der Waals surface area contributed by atoms with Gasteiger partial charge in [-0.25, -0.2) is 4.98 Å². The number of pyridine rings is 1. The van der Waals surface area contributed by atoms with Crippen molar-refractivity contribution in [2.75, 3.05) is 0 Å². The topological polar surface area (TPSA) is 63.3 Å². The molecule has 0 saturated heterocycles. The van der Waals surface area contributed by atoms with Gasteiger partial charge in [-0.1, -0.05) is 55.0 Å². The zero-order valence-corrected chi connectivity index (χ0v) is 15.0. The Morgan fingerprint density at radius 2 is 1.92 bits per heavy atom. The van der Waals surface area contributed by atoms with Gasteiger partial charge in [-0.15, -0.1) is 0 Å². The number of hydrogen-bond donors (Lipinski definition) is 1. The average molecular weight is 352 g/mol. The first-order valence-corrected chi connectivity index (χ1v) is 8.91. The minimum Gasteiger partial charge on any atom is -0.411 e. The summed E-state index contributed by atoms with van der Waals surface area (Å²) in [6.07, 6.45) is 3.16. The SMILES string of the molecule is CC(C)c1nc(C=NO)n(Cc2ccccn2)c1Sc1ccccc1. The van der Waals surface area contributed by atoms with Crippen LogP contribution in [-0.4, -0.2) is 26.0 Å². The van der Waals surface area contributed by atoms with E-state index in [1.165, 1.54) is 6.21 Å². The molecule has 0 aliphatic heterocycles. The van der Waals surface area contributed by atoms with Crippen molar-refractivity contribution in [3.8, 4) is 0 Å². The summed E-state index contributed by atoms with van der Waals surface area (Å²) in [5, 5.41) is 13.3. The summed E-state index contributed by atoms with van der Waals surface area (Å²) < 4.78 is 2.05. The van der Waals surface area contributed by atoms with Gasteiger partial charge in [0.15, 0.2) is 5.82 Å². The Hall–Kier alpha value is -2.60. The highest BCUT2D eigenvalue weighted by atomic mass is 32.2. The highest BCUT2D eigenvalue weighted by Crippen LogP contribution is 2.34. The summed E-state index contributed by atoms with van der Waals surface area (Å²) in [5.74, 6) is 0.873. The number of nitrogens with zero attached hydrogens (tertiary/aromatic N) is 4. The van der Waals surface area contributed by atoms with E-state index in [0.29, 0.717) is 12.4 Å². The number of oxime groups is 1. The molecule has 0 aliphatic carbocycles. The minimum atomic E-state index is 0.252. The third kappa shape index (κ3) is 4.09. The molecule has 2 heterocycles. The second-order valence-corrected chi connectivity index (χ2v) is 6.94. The minimum absolute atomic E-state index is 0.252. The zero-order chi connectivity index (χ0) is 17.6. The molecule has 0 spiro atoms. The fourth-order valence-electron chi connectivity index (χ4n) is 2.51. The first-order valence-electron chi connectivity index (χ1n) is 8.09. The van der Waals surface area contributed by atoms with E-state index in [-0.39, 0.29) is 5.92 Å². The van der Waals surface area contributed by atoms with Gasteiger partial charge in [-0.2, -0.15) is 0 Å². The quantitative estimate of drug-likeness (QED) is 0.405. The van der Waals surface area contributed by atoms with Crippen LogP contribution in [0.15, 0.2) is 69.8 Å².